The van der Waals surface area contributed by atoms with Crippen molar-refractivity contribution in [1.29, 1.82) is 0 Å². The summed E-state index contributed by atoms with van der Waals surface area (Å²) in [5, 5.41) is 11.4. The molecular weight excluding hydrogens is 648 g/mol. The van der Waals surface area contributed by atoms with Gasteiger partial charge < -0.3 is 26.2 Å². The lowest BCUT2D eigenvalue weighted by Gasteiger charge is -2.42. The van der Waals surface area contributed by atoms with Crippen molar-refractivity contribution < 1.29 is 28.8 Å². The number of carbonyl (C=O) groups is 6. The molecule has 3 aliphatic rings. The number of nitrogens with one attached hydrogen (secondary N) is 4. The van der Waals surface area contributed by atoms with Gasteiger partial charge in [0.1, 0.15) is 18.1 Å². The van der Waals surface area contributed by atoms with E-state index < -0.39 is 70.3 Å². The van der Waals surface area contributed by atoms with Crippen LogP contribution in [0.3, 0.4) is 0 Å². The van der Waals surface area contributed by atoms with Crippen molar-refractivity contribution in [2.45, 2.75) is 123 Å². The Morgan fingerprint density at radius 3 is 2.27 bits per heavy atom. The van der Waals surface area contributed by atoms with Crippen LogP contribution in [0.15, 0.2) is 37.2 Å². The van der Waals surface area contributed by atoms with E-state index in [9.17, 15) is 28.8 Å². The Balaban J connectivity index is 1.60. The number of nitrogens with zero attached hydrogens (tertiary/aromatic N) is 2. The van der Waals surface area contributed by atoms with Gasteiger partial charge in [-0.3, -0.25) is 33.8 Å². The molecule has 0 bridgehead atoms. The van der Waals surface area contributed by atoms with Crippen LogP contribution in [0.1, 0.15) is 110 Å². The molecule has 4 N–H and O–H groups in total. The van der Waals surface area contributed by atoms with Crippen LogP contribution in [0.2, 0.25) is 0 Å². The normalized spacial score (nSPS) is 21.9. The molecule has 2 aliphatic carbocycles. The Bertz CT molecular complexity index is 1450. The van der Waals surface area contributed by atoms with Crippen LogP contribution >= 0.6 is 0 Å². The van der Waals surface area contributed by atoms with Gasteiger partial charge in [-0.25, -0.2) is 0 Å². The number of hydrogen-bond acceptors (Lipinski definition) is 7. The monoisotopic (exact) mass is 706 g/mol. The minimum atomic E-state index is -1.02. The summed E-state index contributed by atoms with van der Waals surface area (Å²) in [5.41, 5.74) is -0.964. The van der Waals surface area contributed by atoms with E-state index in [-0.39, 0.29) is 24.3 Å². The highest BCUT2D eigenvalue weighted by atomic mass is 16.2. The van der Waals surface area contributed by atoms with Gasteiger partial charge in [-0.2, -0.15) is 0 Å². The Morgan fingerprint density at radius 1 is 1.02 bits per heavy atom. The van der Waals surface area contributed by atoms with Gasteiger partial charge in [0, 0.05) is 25.5 Å². The number of ketones is 1. The summed E-state index contributed by atoms with van der Waals surface area (Å²) in [7, 11) is 0. The van der Waals surface area contributed by atoms with E-state index in [1.807, 2.05) is 41.5 Å². The van der Waals surface area contributed by atoms with E-state index >= 15 is 0 Å². The average Bonchev–Trinajstić information content (AvgIpc) is 3.80. The molecule has 1 aliphatic heterocycles. The maximum absolute atomic E-state index is 14.7. The number of amides is 5. The molecule has 2 saturated carbocycles. The van der Waals surface area contributed by atoms with Gasteiger partial charge in [0.2, 0.25) is 23.5 Å². The zero-order valence-corrected chi connectivity index (χ0v) is 31.3. The second kappa shape index (κ2) is 17.0. The van der Waals surface area contributed by atoms with Crippen molar-refractivity contribution in [3.05, 3.63) is 42.7 Å². The van der Waals surface area contributed by atoms with Crippen LogP contribution in [0.5, 0.6) is 0 Å². The van der Waals surface area contributed by atoms with Gasteiger partial charge in [0.05, 0.1) is 11.6 Å². The molecule has 12 nitrogen and oxygen atoms in total. The zero-order chi connectivity index (χ0) is 37.5. The zero-order valence-electron chi connectivity index (χ0n) is 31.3. The molecule has 4 rings (SSSR count). The van der Waals surface area contributed by atoms with Crippen molar-refractivity contribution in [2.75, 3.05) is 13.1 Å². The van der Waals surface area contributed by atoms with Crippen LogP contribution < -0.4 is 21.3 Å². The predicted octanol–water partition coefficient (Wildman–Crippen LogP) is 3.71. The molecular formula is C39H58N6O6. The third kappa shape index (κ3) is 10.0. The minimum Gasteiger partial charge on any atom is -0.346 e. The summed E-state index contributed by atoms with van der Waals surface area (Å²) >= 11 is 0. The Hall–Kier alpha value is -4.09. The smallest absolute Gasteiger partial charge is 0.289 e. The molecule has 0 aromatic carbocycles. The summed E-state index contributed by atoms with van der Waals surface area (Å²) in [6.07, 6.45) is 11.6. The van der Waals surface area contributed by atoms with Gasteiger partial charge in [0.15, 0.2) is 0 Å². The number of aromatic nitrogens is 1. The van der Waals surface area contributed by atoms with E-state index in [2.05, 4.69) is 32.8 Å². The molecule has 5 atom stereocenters. The molecule has 1 unspecified atom stereocenters. The second-order valence-electron chi connectivity index (χ2n) is 16.4. The van der Waals surface area contributed by atoms with Crippen LogP contribution in [-0.4, -0.2) is 82.5 Å². The molecule has 3 fully saturated rings. The third-order valence-electron chi connectivity index (χ3n) is 10.9. The predicted molar refractivity (Wildman–Crippen MR) is 194 cm³/mol. The summed E-state index contributed by atoms with van der Waals surface area (Å²) in [6, 6.07) is -0.548. The first-order valence-corrected chi connectivity index (χ1v) is 18.6. The quantitative estimate of drug-likeness (QED) is 0.159. The molecule has 280 valence electrons. The van der Waals surface area contributed by atoms with Crippen molar-refractivity contribution in [1.82, 2.24) is 31.2 Å². The van der Waals surface area contributed by atoms with Crippen molar-refractivity contribution in [3.8, 4) is 0 Å². The second-order valence-corrected chi connectivity index (χ2v) is 16.4. The minimum absolute atomic E-state index is 0.0352. The molecule has 1 aromatic heterocycles. The fourth-order valence-corrected chi connectivity index (χ4v) is 7.64. The number of rotatable bonds is 15. The van der Waals surface area contributed by atoms with Crippen LogP contribution in [-0.2, 0) is 24.0 Å². The lowest BCUT2D eigenvalue weighted by molar-refractivity contribution is -0.146. The Morgan fingerprint density at radius 2 is 1.71 bits per heavy atom. The van der Waals surface area contributed by atoms with Gasteiger partial charge in [-0.15, -0.1) is 6.58 Å². The SMILES string of the molecule is C=CCNC(=O)C(=O)C(CC1CC1)NC(=O)[C@@H]1[C@@H](C(C)C)CCN1C(=O)[C@@H](NC(=O)[C@@H](NC(=O)c1cccnc1)C1(C)CCCCC1)C(C)(C)C. The third-order valence-corrected chi connectivity index (χ3v) is 10.9. The molecule has 1 aromatic rings. The standard InChI is InChI=1S/C39H58N6O6/c1-8-19-41-35(49)30(46)28(22-25-14-15-25)42-34(48)29-27(24(2)3)16-21-45(29)37(51)32(38(4,5)6)44-36(50)31(39(7)17-10-9-11-18-39)43-33(47)26-13-12-20-40-23-26/h8,12-13,20,23-25,27-29,31-32H,1,9-11,14-19,21-22H2,2-7H3,(H,41,49)(H,42,48)(H,43,47)(H,44,50)/t27-,28?,29+,31-,32-/m1/s1. The number of carbonyl (C=O) groups excluding carboxylic acids is 6. The van der Waals surface area contributed by atoms with Crippen LogP contribution in [0.25, 0.3) is 0 Å². The van der Waals surface area contributed by atoms with E-state index in [4.69, 9.17) is 0 Å². The largest absolute Gasteiger partial charge is 0.346 e. The van der Waals surface area contributed by atoms with Crippen LogP contribution in [0, 0.1) is 28.6 Å². The molecule has 5 amide bonds. The van der Waals surface area contributed by atoms with E-state index in [1.54, 1.807) is 18.3 Å². The van der Waals surface area contributed by atoms with Crippen molar-refractivity contribution >= 4 is 35.3 Å². The molecule has 51 heavy (non-hydrogen) atoms. The van der Waals surface area contributed by atoms with Crippen molar-refractivity contribution in [2.24, 2.45) is 28.6 Å². The molecule has 0 spiro atoms. The lowest BCUT2D eigenvalue weighted by atomic mass is 9.70. The summed E-state index contributed by atoms with van der Waals surface area (Å²) in [6.45, 7) is 15.6. The first-order valence-electron chi connectivity index (χ1n) is 18.6. The Kier molecular flexibility index (Phi) is 13.2. The summed E-state index contributed by atoms with van der Waals surface area (Å²) < 4.78 is 0. The number of likely N-dealkylation sites (tertiary alicyclic amines) is 1. The van der Waals surface area contributed by atoms with Crippen LogP contribution in [0.4, 0.5) is 0 Å². The highest BCUT2D eigenvalue weighted by Crippen LogP contribution is 2.40. The van der Waals surface area contributed by atoms with E-state index in [0.717, 1.165) is 44.9 Å². The summed E-state index contributed by atoms with van der Waals surface area (Å²) in [5.74, 6) is -3.18. The van der Waals surface area contributed by atoms with E-state index in [1.165, 1.54) is 17.2 Å². The molecule has 2 heterocycles. The maximum atomic E-state index is 14.7. The molecule has 0 radical (unpaired) electrons. The lowest BCUT2D eigenvalue weighted by Crippen LogP contribution is -2.63. The number of pyridine rings is 1. The fourth-order valence-electron chi connectivity index (χ4n) is 7.64. The van der Waals surface area contributed by atoms with Gasteiger partial charge in [-0.1, -0.05) is 79.7 Å². The number of hydrogen-bond donors (Lipinski definition) is 4. The first-order chi connectivity index (χ1) is 24.1. The Labute approximate surface area is 302 Å². The first kappa shape index (κ1) is 39.7. The highest BCUT2D eigenvalue weighted by Gasteiger charge is 2.49. The van der Waals surface area contributed by atoms with Gasteiger partial charge in [-0.05, 0) is 66.4 Å². The summed E-state index contributed by atoms with van der Waals surface area (Å²) in [4.78, 5) is 88.1. The van der Waals surface area contributed by atoms with Gasteiger partial charge in [0.25, 0.3) is 11.8 Å². The van der Waals surface area contributed by atoms with Crippen molar-refractivity contribution in [3.63, 3.8) is 0 Å². The fraction of sp³-hybridized carbons (Fsp3) is 0.667. The van der Waals surface area contributed by atoms with E-state index in [0.29, 0.717) is 24.9 Å². The van der Waals surface area contributed by atoms with Gasteiger partial charge >= 0.3 is 0 Å². The molecule has 12 heteroatoms. The average molecular weight is 707 g/mol. The number of Topliss-reactive ketones (excluding diaryl/α,β-unsaturated/α-hetero) is 1. The maximum Gasteiger partial charge on any atom is 0.289 e. The molecule has 1 saturated heterocycles. The highest BCUT2D eigenvalue weighted by molar-refractivity contribution is 6.38. The topological polar surface area (TPSA) is 167 Å².